The zero-order valence-corrected chi connectivity index (χ0v) is 37.5. The van der Waals surface area contributed by atoms with Crippen LogP contribution in [-0.2, 0) is 14.8 Å². The van der Waals surface area contributed by atoms with Crippen molar-refractivity contribution in [2.75, 3.05) is 44.4 Å². The summed E-state index contributed by atoms with van der Waals surface area (Å²) < 4.78 is 47.6. The van der Waals surface area contributed by atoms with Gasteiger partial charge in [0.1, 0.15) is 22.0 Å². The van der Waals surface area contributed by atoms with Crippen molar-refractivity contribution in [2.45, 2.75) is 95.0 Å². The molecule has 338 valence electrons. The summed E-state index contributed by atoms with van der Waals surface area (Å²) in [6.45, 7) is 11.0. The van der Waals surface area contributed by atoms with Crippen LogP contribution in [-0.4, -0.2) is 84.6 Å². The number of nitrogens with zero attached hydrogens (tertiary/aromatic N) is 5. The summed E-state index contributed by atoms with van der Waals surface area (Å²) in [5, 5.41) is 12.9. The second-order valence-electron chi connectivity index (χ2n) is 18.7. The highest BCUT2D eigenvalue weighted by molar-refractivity contribution is 7.90. The number of H-pyrrole nitrogens is 1. The molecule has 15 nitrogen and oxygen atoms in total. The van der Waals surface area contributed by atoms with Gasteiger partial charge in [-0.05, 0) is 97.1 Å². The number of carbonyl (C=O) groups excluding carboxylic acids is 1. The first-order valence-electron chi connectivity index (χ1n) is 22.6. The predicted molar refractivity (Wildman–Crippen MR) is 242 cm³/mol. The van der Waals surface area contributed by atoms with E-state index in [4.69, 9.17) is 14.2 Å². The van der Waals surface area contributed by atoms with Crippen LogP contribution in [0.2, 0.25) is 0 Å². The molecule has 4 aliphatic rings. The average Bonchev–Trinajstić information content (AvgIpc) is 3.76. The van der Waals surface area contributed by atoms with Gasteiger partial charge in [0.25, 0.3) is 21.8 Å². The van der Waals surface area contributed by atoms with Crippen LogP contribution in [0.3, 0.4) is 0 Å². The number of rotatable bonds is 13. The molecular formula is C48H57N7O8S. The molecule has 5 heterocycles. The van der Waals surface area contributed by atoms with E-state index in [0.29, 0.717) is 35.9 Å². The molecule has 2 saturated heterocycles. The Hall–Kier alpha value is -5.58. The van der Waals surface area contributed by atoms with Crippen LogP contribution in [0.15, 0.2) is 84.1 Å². The Kier molecular flexibility index (Phi) is 12.4. The van der Waals surface area contributed by atoms with E-state index in [9.17, 15) is 23.3 Å². The number of nitrogens with one attached hydrogen (secondary N) is 2. The lowest BCUT2D eigenvalue weighted by Crippen LogP contribution is -2.58. The number of amides is 1. The second-order valence-corrected chi connectivity index (χ2v) is 20.3. The first kappa shape index (κ1) is 43.7. The number of aromatic amines is 1. The number of hydrogen-bond donors (Lipinski definition) is 2. The molecule has 3 aromatic heterocycles. The van der Waals surface area contributed by atoms with E-state index in [1.165, 1.54) is 17.3 Å². The van der Waals surface area contributed by atoms with Crippen molar-refractivity contribution in [1.29, 1.82) is 0 Å². The third-order valence-electron chi connectivity index (χ3n) is 14.1. The van der Waals surface area contributed by atoms with Gasteiger partial charge < -0.3 is 24.1 Å². The lowest BCUT2D eigenvalue weighted by atomic mass is 9.59. The van der Waals surface area contributed by atoms with Gasteiger partial charge in [-0.25, -0.2) is 23.1 Å². The van der Waals surface area contributed by atoms with Gasteiger partial charge in [-0.1, -0.05) is 57.9 Å². The molecule has 5 aromatic rings. The Balaban J connectivity index is 0.901. The van der Waals surface area contributed by atoms with E-state index in [0.717, 1.165) is 101 Å². The summed E-state index contributed by atoms with van der Waals surface area (Å²) >= 11 is 0. The van der Waals surface area contributed by atoms with Gasteiger partial charge in [0.05, 0.1) is 48.7 Å². The molecule has 0 radical (unpaired) electrons. The fraction of sp³-hybridized carbons (Fsp3) is 0.479. The Bertz CT molecular complexity index is 2610. The summed E-state index contributed by atoms with van der Waals surface area (Å²) in [6.07, 6.45) is 12.6. The lowest BCUT2D eigenvalue weighted by molar-refractivity contribution is -0.386. The molecule has 2 N–H and O–H groups in total. The highest BCUT2D eigenvalue weighted by Crippen LogP contribution is 2.53. The highest BCUT2D eigenvalue weighted by Gasteiger charge is 2.49. The summed E-state index contributed by atoms with van der Waals surface area (Å²) in [5.41, 5.74) is 3.89. The number of sulfonamides is 1. The molecule has 1 amide bonds. The standard InChI is InChI=1S/C48H57N7O8S/c1-31(2)39-6-4-5-7-40(39)43-30-61-21-20-54(43)36-25-48(26-36)15-18-53(19-16-48)35-12-13-41(44(23-35)63-37-22-34-14-17-49-45(34)50-27-37)46(56)52-64(59,60)38-24-42(55(57)58)47(51-28-38)62-29-33-10-8-32(3)9-11-33/h4-7,12-14,17,22-24,27-28,31-33,36,43H,8-11,15-16,18-21,25-26,29-30H2,1-3H3,(H,49,50)(H,52,56)/t32-,33+,43-/m0/s1. The van der Waals surface area contributed by atoms with Gasteiger partial charge in [0, 0.05) is 55.1 Å². The van der Waals surface area contributed by atoms with Gasteiger partial charge in [-0.2, -0.15) is 0 Å². The molecule has 2 aliphatic heterocycles. The molecule has 16 heteroatoms. The van der Waals surface area contributed by atoms with Crippen molar-refractivity contribution in [3.05, 3.63) is 106 Å². The number of pyridine rings is 2. The largest absolute Gasteiger partial charge is 0.473 e. The zero-order chi connectivity index (χ0) is 44.6. The van der Waals surface area contributed by atoms with Crippen molar-refractivity contribution in [1.82, 2.24) is 24.6 Å². The summed E-state index contributed by atoms with van der Waals surface area (Å²) in [5.74, 6) is 0.564. The molecule has 2 aromatic carbocycles. The second kappa shape index (κ2) is 18.1. The first-order valence-corrected chi connectivity index (χ1v) is 24.1. The SMILES string of the molecule is CC(C)c1ccccc1[C@@H]1COCCN1C1CC2(CCN(c3ccc(C(=O)NS(=O)(=O)c4cnc(OC[C@H]5CC[C@@H](C)CC5)c([N+](=O)[O-])c4)c(Oc4cnc5[nH]ccc5c4)c3)CC2)C1. The third kappa shape index (κ3) is 9.18. The fourth-order valence-electron chi connectivity index (χ4n) is 10.3. The number of nitro groups is 1. The normalized spacial score (nSPS) is 21.8. The maximum absolute atomic E-state index is 14.0. The minimum Gasteiger partial charge on any atom is -0.473 e. The monoisotopic (exact) mass is 891 g/mol. The maximum Gasteiger partial charge on any atom is 0.332 e. The van der Waals surface area contributed by atoms with Crippen LogP contribution in [0.25, 0.3) is 11.0 Å². The number of fused-ring (bicyclic) bond motifs is 1. The fourth-order valence-corrected chi connectivity index (χ4v) is 11.2. The van der Waals surface area contributed by atoms with E-state index in [1.807, 2.05) is 6.07 Å². The molecule has 9 rings (SSSR count). The van der Waals surface area contributed by atoms with Crippen LogP contribution >= 0.6 is 0 Å². The first-order chi connectivity index (χ1) is 30.8. The zero-order valence-electron chi connectivity index (χ0n) is 36.7. The third-order valence-corrected chi connectivity index (χ3v) is 15.4. The molecule has 4 fully saturated rings. The number of anilines is 1. The van der Waals surface area contributed by atoms with Crippen molar-refractivity contribution < 1.29 is 32.3 Å². The van der Waals surface area contributed by atoms with E-state index in [2.05, 4.69) is 74.5 Å². The van der Waals surface area contributed by atoms with Crippen LogP contribution in [0.4, 0.5) is 11.4 Å². The van der Waals surface area contributed by atoms with Crippen molar-refractivity contribution in [2.24, 2.45) is 17.3 Å². The van der Waals surface area contributed by atoms with E-state index in [-0.39, 0.29) is 41.2 Å². The number of morpholine rings is 1. The van der Waals surface area contributed by atoms with Crippen molar-refractivity contribution in [3.8, 4) is 17.4 Å². The van der Waals surface area contributed by atoms with E-state index in [1.54, 1.807) is 30.5 Å². The Morgan fingerprint density at radius 2 is 1.80 bits per heavy atom. The van der Waals surface area contributed by atoms with Crippen LogP contribution in [0.1, 0.15) is 106 Å². The molecule has 1 spiro atoms. The smallest absolute Gasteiger partial charge is 0.332 e. The Morgan fingerprint density at radius 3 is 2.56 bits per heavy atom. The maximum atomic E-state index is 14.0. The minimum absolute atomic E-state index is 0.0416. The van der Waals surface area contributed by atoms with Gasteiger partial charge in [0.2, 0.25) is 0 Å². The number of carbonyl (C=O) groups is 1. The minimum atomic E-state index is -4.63. The Morgan fingerprint density at radius 1 is 1.02 bits per heavy atom. The van der Waals surface area contributed by atoms with Crippen molar-refractivity contribution >= 4 is 38.3 Å². The van der Waals surface area contributed by atoms with Crippen LogP contribution in [0, 0.1) is 27.4 Å². The summed E-state index contributed by atoms with van der Waals surface area (Å²) in [6, 6.07) is 19.2. The summed E-state index contributed by atoms with van der Waals surface area (Å²) in [7, 11) is -4.63. The molecule has 64 heavy (non-hydrogen) atoms. The van der Waals surface area contributed by atoms with Gasteiger partial charge >= 0.3 is 5.69 Å². The molecule has 1 atom stereocenters. The Labute approximate surface area is 374 Å². The van der Waals surface area contributed by atoms with E-state index < -0.39 is 31.4 Å². The molecule has 0 unspecified atom stereocenters. The highest BCUT2D eigenvalue weighted by atomic mass is 32.2. The number of hydrogen-bond acceptors (Lipinski definition) is 12. The number of aromatic nitrogens is 3. The number of piperidine rings is 1. The van der Waals surface area contributed by atoms with Gasteiger partial charge in [-0.3, -0.25) is 19.8 Å². The van der Waals surface area contributed by atoms with Gasteiger partial charge in [0.15, 0.2) is 0 Å². The quantitative estimate of drug-likeness (QED) is 0.0847. The topological polar surface area (TPSA) is 182 Å². The molecule has 2 aliphatic carbocycles. The van der Waals surface area contributed by atoms with Crippen molar-refractivity contribution in [3.63, 3.8) is 0 Å². The number of benzene rings is 2. The van der Waals surface area contributed by atoms with Gasteiger partial charge in [-0.15, -0.1) is 0 Å². The summed E-state index contributed by atoms with van der Waals surface area (Å²) in [4.78, 5) is 41.3. The predicted octanol–water partition coefficient (Wildman–Crippen LogP) is 8.93. The van der Waals surface area contributed by atoms with E-state index >= 15 is 0 Å². The molecule has 0 bridgehead atoms. The lowest BCUT2D eigenvalue weighted by Gasteiger charge is -2.57. The van der Waals surface area contributed by atoms with Crippen LogP contribution in [0.5, 0.6) is 17.4 Å². The molecular weight excluding hydrogens is 835 g/mol. The molecule has 2 saturated carbocycles. The number of ether oxygens (including phenoxy) is 3. The van der Waals surface area contributed by atoms with Crippen LogP contribution < -0.4 is 19.1 Å². The average molecular weight is 892 g/mol.